The predicted molar refractivity (Wildman–Crippen MR) is 122 cm³/mol. The molecule has 7 nitrogen and oxygen atoms in total. The Balaban J connectivity index is 1.34. The summed E-state index contributed by atoms with van der Waals surface area (Å²) in [4.78, 5) is 16.7. The number of carbonyl (C=O) groups is 1. The molecule has 0 radical (unpaired) electrons. The Hall–Kier alpha value is -4.00. The number of hydrogen-bond acceptors (Lipinski definition) is 5. The van der Waals surface area contributed by atoms with E-state index in [1.54, 1.807) is 13.3 Å². The Morgan fingerprint density at radius 1 is 1.00 bits per heavy atom. The summed E-state index contributed by atoms with van der Waals surface area (Å²) in [6, 6.07) is 18.8. The molecule has 0 atom stereocenters. The summed E-state index contributed by atoms with van der Waals surface area (Å²) in [6.07, 6.45) is 3.57. The number of carbonyl (C=O) groups excluding carboxylic acids is 1. The monoisotopic (exact) mass is 431 g/mol. The zero-order chi connectivity index (χ0) is 22.3. The van der Waals surface area contributed by atoms with Crippen LogP contribution in [0.25, 0.3) is 10.9 Å². The highest BCUT2D eigenvalue weighted by Gasteiger charge is 2.08. The van der Waals surface area contributed by atoms with Crippen molar-refractivity contribution in [3.63, 3.8) is 0 Å². The first-order valence-electron chi connectivity index (χ1n) is 10.4. The van der Waals surface area contributed by atoms with Crippen LogP contribution in [0, 0.1) is 0 Å². The maximum absolute atomic E-state index is 12.5. The lowest BCUT2D eigenvalue weighted by molar-refractivity contribution is -0.121. The highest BCUT2D eigenvalue weighted by Crippen LogP contribution is 2.23. The Kier molecular flexibility index (Phi) is 6.55. The van der Waals surface area contributed by atoms with Crippen LogP contribution in [0.1, 0.15) is 12.5 Å². The van der Waals surface area contributed by atoms with E-state index in [0.717, 1.165) is 28.0 Å². The third kappa shape index (κ3) is 5.18. The van der Waals surface area contributed by atoms with Gasteiger partial charge in [-0.05, 0) is 67.1 Å². The third-order valence-electron chi connectivity index (χ3n) is 4.94. The van der Waals surface area contributed by atoms with Gasteiger partial charge >= 0.3 is 0 Å². The van der Waals surface area contributed by atoms with Crippen molar-refractivity contribution in [3.8, 4) is 23.1 Å². The van der Waals surface area contributed by atoms with E-state index >= 15 is 0 Å². The number of nitrogens with zero attached hydrogens (tertiary/aromatic N) is 2. The maximum atomic E-state index is 12.5. The van der Waals surface area contributed by atoms with Gasteiger partial charge in [0.05, 0.1) is 13.7 Å². The summed E-state index contributed by atoms with van der Waals surface area (Å²) < 4.78 is 18.4. The molecule has 1 N–H and O–H groups in total. The zero-order valence-corrected chi connectivity index (χ0v) is 18.1. The number of fused-ring (bicyclic) bond motifs is 1. The molecule has 2 aromatic carbocycles. The van der Waals surface area contributed by atoms with Gasteiger partial charge in [-0.1, -0.05) is 0 Å². The van der Waals surface area contributed by atoms with Crippen molar-refractivity contribution in [2.24, 2.45) is 0 Å². The topological polar surface area (TPSA) is 74.6 Å². The molecule has 164 valence electrons. The van der Waals surface area contributed by atoms with Crippen molar-refractivity contribution in [1.29, 1.82) is 0 Å². The molecule has 0 fully saturated rings. The molecule has 0 spiro atoms. The van der Waals surface area contributed by atoms with E-state index in [4.69, 9.17) is 14.2 Å². The van der Waals surface area contributed by atoms with Crippen LogP contribution in [-0.4, -0.2) is 29.2 Å². The van der Waals surface area contributed by atoms with Crippen LogP contribution in [0.5, 0.6) is 23.1 Å². The highest BCUT2D eigenvalue weighted by atomic mass is 16.5. The number of pyridine rings is 1. The van der Waals surface area contributed by atoms with Crippen LogP contribution in [-0.2, 0) is 17.9 Å². The van der Waals surface area contributed by atoms with Gasteiger partial charge in [-0.2, -0.15) is 0 Å². The molecule has 0 aliphatic carbocycles. The predicted octanol–water partition coefficient (Wildman–Crippen LogP) is 4.55. The first kappa shape index (κ1) is 21.2. The van der Waals surface area contributed by atoms with Crippen molar-refractivity contribution in [2.45, 2.75) is 20.0 Å². The van der Waals surface area contributed by atoms with E-state index in [2.05, 4.69) is 10.3 Å². The number of nitrogens with one attached hydrogen (secondary N) is 1. The second-order valence-corrected chi connectivity index (χ2v) is 7.15. The van der Waals surface area contributed by atoms with Crippen LogP contribution in [0.4, 0.5) is 0 Å². The van der Waals surface area contributed by atoms with Crippen molar-refractivity contribution in [2.75, 3.05) is 13.7 Å². The Labute approximate surface area is 186 Å². The van der Waals surface area contributed by atoms with Crippen molar-refractivity contribution in [1.82, 2.24) is 14.9 Å². The van der Waals surface area contributed by atoms with E-state index in [1.165, 1.54) is 0 Å². The lowest BCUT2D eigenvalue weighted by atomic mass is 10.2. The lowest BCUT2D eigenvalue weighted by Gasteiger charge is -2.10. The summed E-state index contributed by atoms with van der Waals surface area (Å²) in [5.74, 6) is 2.63. The highest BCUT2D eigenvalue weighted by molar-refractivity contribution is 5.84. The fourth-order valence-corrected chi connectivity index (χ4v) is 3.36. The second-order valence-electron chi connectivity index (χ2n) is 7.15. The Morgan fingerprint density at radius 2 is 1.78 bits per heavy atom. The first-order valence-corrected chi connectivity index (χ1v) is 10.4. The molecule has 2 aromatic heterocycles. The quantitative estimate of drug-likeness (QED) is 0.421. The van der Waals surface area contributed by atoms with E-state index in [1.807, 2.05) is 78.4 Å². The fraction of sp³-hybridized carbons (Fsp3) is 0.200. The summed E-state index contributed by atoms with van der Waals surface area (Å²) in [6.45, 7) is 3.17. The minimum absolute atomic E-state index is 0.0795. The number of methoxy groups -OCH3 is 1. The number of benzene rings is 2. The molecular weight excluding hydrogens is 406 g/mol. The second kappa shape index (κ2) is 9.87. The van der Waals surface area contributed by atoms with Gasteiger partial charge in [0.1, 0.15) is 23.8 Å². The van der Waals surface area contributed by atoms with E-state index in [-0.39, 0.29) is 12.5 Å². The lowest BCUT2D eigenvalue weighted by Crippen LogP contribution is -2.26. The number of amides is 1. The van der Waals surface area contributed by atoms with Crippen LogP contribution in [0.15, 0.2) is 73.1 Å². The van der Waals surface area contributed by atoms with Gasteiger partial charge in [0.25, 0.3) is 0 Å². The number of ether oxygens (including phenoxy) is 3. The molecule has 0 saturated heterocycles. The first-order chi connectivity index (χ1) is 15.6. The van der Waals surface area contributed by atoms with Gasteiger partial charge < -0.3 is 24.1 Å². The summed E-state index contributed by atoms with van der Waals surface area (Å²) in [7, 11) is 1.64. The largest absolute Gasteiger partial charge is 0.497 e. The standard InChI is InChI=1S/C25H25N3O4/c1-3-31-20-4-6-21(7-5-20)32-25-14-18(10-12-26-25)16-27-24(29)17-28-13-11-19-15-22(30-2)8-9-23(19)28/h4-15H,3,16-17H2,1-2H3,(H,27,29). The molecular formula is C25H25N3O4. The van der Waals surface area contributed by atoms with Crippen LogP contribution < -0.4 is 19.5 Å². The number of hydrogen-bond donors (Lipinski definition) is 1. The van der Waals surface area contributed by atoms with Gasteiger partial charge in [-0.25, -0.2) is 4.98 Å². The Bertz CT molecular complexity index is 1200. The van der Waals surface area contributed by atoms with Gasteiger partial charge in [0.15, 0.2) is 0 Å². The molecule has 2 heterocycles. The smallest absolute Gasteiger partial charge is 0.240 e. The molecule has 0 aliphatic heterocycles. The average Bonchev–Trinajstić information content (AvgIpc) is 3.21. The Morgan fingerprint density at radius 3 is 2.56 bits per heavy atom. The average molecular weight is 431 g/mol. The summed E-state index contributed by atoms with van der Waals surface area (Å²) in [5, 5.41) is 3.98. The SMILES string of the molecule is CCOc1ccc(Oc2cc(CNC(=O)Cn3ccc4cc(OC)ccc43)ccn2)cc1. The van der Waals surface area contributed by atoms with E-state index in [0.29, 0.717) is 24.8 Å². The van der Waals surface area contributed by atoms with E-state index < -0.39 is 0 Å². The normalized spacial score (nSPS) is 10.7. The van der Waals surface area contributed by atoms with Crippen LogP contribution in [0.3, 0.4) is 0 Å². The van der Waals surface area contributed by atoms with Gasteiger partial charge in [-0.3, -0.25) is 4.79 Å². The summed E-state index contributed by atoms with van der Waals surface area (Å²) in [5.41, 5.74) is 1.88. The van der Waals surface area contributed by atoms with Crippen molar-refractivity contribution in [3.05, 3.63) is 78.6 Å². The summed E-state index contributed by atoms with van der Waals surface area (Å²) >= 11 is 0. The number of aromatic nitrogens is 2. The number of rotatable bonds is 9. The van der Waals surface area contributed by atoms with Crippen molar-refractivity contribution < 1.29 is 19.0 Å². The minimum atomic E-state index is -0.0795. The van der Waals surface area contributed by atoms with Crippen LogP contribution >= 0.6 is 0 Å². The molecule has 4 rings (SSSR count). The molecule has 4 aromatic rings. The maximum Gasteiger partial charge on any atom is 0.240 e. The van der Waals surface area contributed by atoms with Gasteiger partial charge in [-0.15, -0.1) is 0 Å². The molecule has 1 amide bonds. The molecule has 32 heavy (non-hydrogen) atoms. The van der Waals surface area contributed by atoms with Gasteiger partial charge in [0, 0.05) is 35.9 Å². The minimum Gasteiger partial charge on any atom is -0.497 e. The van der Waals surface area contributed by atoms with Gasteiger partial charge in [0.2, 0.25) is 11.8 Å². The fourth-order valence-electron chi connectivity index (χ4n) is 3.36. The molecule has 0 saturated carbocycles. The third-order valence-corrected chi connectivity index (χ3v) is 4.94. The van der Waals surface area contributed by atoms with Crippen LogP contribution in [0.2, 0.25) is 0 Å². The van der Waals surface area contributed by atoms with Crippen molar-refractivity contribution >= 4 is 16.8 Å². The zero-order valence-electron chi connectivity index (χ0n) is 18.1. The van der Waals surface area contributed by atoms with E-state index in [9.17, 15) is 4.79 Å². The molecule has 0 unspecified atom stereocenters. The molecule has 0 aliphatic rings. The molecule has 0 bridgehead atoms. The molecule has 7 heteroatoms.